The van der Waals surface area contributed by atoms with Crippen molar-refractivity contribution in [1.29, 1.82) is 0 Å². The van der Waals surface area contributed by atoms with E-state index < -0.39 is 6.29 Å². The fourth-order valence-electron chi connectivity index (χ4n) is 1.91. The molecule has 2 atom stereocenters. The van der Waals surface area contributed by atoms with E-state index >= 15 is 0 Å². The van der Waals surface area contributed by atoms with Crippen molar-refractivity contribution in [1.82, 2.24) is 0 Å². The maximum Gasteiger partial charge on any atom is 0.154 e. The first-order valence-electron chi connectivity index (χ1n) is 6.64. The minimum Gasteiger partial charge on any atom is -0.374 e. The Morgan fingerprint density at radius 1 is 1.50 bits per heavy atom. The standard InChI is InChI=1S/C14H23BrO3/c1-3-11-10-12(7-8-13(11)15)18-9-5-6-14(16)17-4-2/h7-8,12,14,16H,3-6,9-10H2,1-2H3. The van der Waals surface area contributed by atoms with Crippen molar-refractivity contribution in [2.24, 2.45) is 0 Å². The van der Waals surface area contributed by atoms with E-state index in [2.05, 4.69) is 35.0 Å². The van der Waals surface area contributed by atoms with E-state index in [0.29, 0.717) is 19.6 Å². The molecule has 0 heterocycles. The third-order valence-electron chi connectivity index (χ3n) is 2.96. The fraction of sp³-hybridized carbons (Fsp3) is 0.714. The van der Waals surface area contributed by atoms with Crippen LogP contribution in [0.4, 0.5) is 0 Å². The lowest BCUT2D eigenvalue weighted by Crippen LogP contribution is -2.17. The molecule has 0 amide bonds. The van der Waals surface area contributed by atoms with Gasteiger partial charge < -0.3 is 14.6 Å². The zero-order valence-electron chi connectivity index (χ0n) is 11.2. The highest BCUT2D eigenvalue weighted by molar-refractivity contribution is 9.11. The summed E-state index contributed by atoms with van der Waals surface area (Å²) in [7, 11) is 0. The number of halogens is 1. The molecule has 104 valence electrons. The Hall–Kier alpha value is -0.160. The number of rotatable bonds is 8. The van der Waals surface area contributed by atoms with Crippen LogP contribution in [0.15, 0.2) is 22.2 Å². The second-order valence-corrected chi connectivity index (χ2v) is 5.18. The van der Waals surface area contributed by atoms with Gasteiger partial charge in [0.25, 0.3) is 0 Å². The van der Waals surface area contributed by atoms with E-state index in [0.717, 1.165) is 19.3 Å². The van der Waals surface area contributed by atoms with Crippen LogP contribution in [0.5, 0.6) is 0 Å². The number of hydrogen-bond acceptors (Lipinski definition) is 3. The van der Waals surface area contributed by atoms with Gasteiger partial charge in [0, 0.05) is 24.1 Å². The molecule has 0 fully saturated rings. The Kier molecular flexibility index (Phi) is 7.82. The summed E-state index contributed by atoms with van der Waals surface area (Å²) in [6, 6.07) is 0. The van der Waals surface area contributed by atoms with Gasteiger partial charge in [-0.05, 0) is 32.3 Å². The molecule has 0 aliphatic heterocycles. The molecule has 0 aromatic carbocycles. The van der Waals surface area contributed by atoms with Crippen molar-refractivity contribution in [3.8, 4) is 0 Å². The molecule has 0 bridgehead atoms. The highest BCUT2D eigenvalue weighted by atomic mass is 79.9. The maximum absolute atomic E-state index is 9.40. The molecule has 1 aliphatic carbocycles. The Labute approximate surface area is 118 Å². The molecule has 2 unspecified atom stereocenters. The van der Waals surface area contributed by atoms with E-state index in [1.165, 1.54) is 10.1 Å². The predicted octanol–water partition coefficient (Wildman–Crippen LogP) is 3.53. The minimum atomic E-state index is -0.652. The highest BCUT2D eigenvalue weighted by Gasteiger charge is 2.14. The molecule has 18 heavy (non-hydrogen) atoms. The number of ether oxygens (including phenoxy) is 2. The zero-order valence-corrected chi connectivity index (χ0v) is 12.8. The van der Waals surface area contributed by atoms with Crippen molar-refractivity contribution in [2.75, 3.05) is 13.2 Å². The van der Waals surface area contributed by atoms with Crippen LogP contribution in [-0.2, 0) is 9.47 Å². The Balaban J connectivity index is 2.16. The molecule has 0 aromatic heterocycles. The normalized spacial score (nSPS) is 21.4. The van der Waals surface area contributed by atoms with Crippen molar-refractivity contribution in [2.45, 2.75) is 51.9 Å². The second-order valence-electron chi connectivity index (χ2n) is 4.33. The lowest BCUT2D eigenvalue weighted by molar-refractivity contribution is -0.102. The van der Waals surface area contributed by atoms with Gasteiger partial charge in [0.15, 0.2) is 6.29 Å². The summed E-state index contributed by atoms with van der Waals surface area (Å²) in [5.74, 6) is 0. The van der Waals surface area contributed by atoms with Crippen molar-refractivity contribution >= 4 is 15.9 Å². The van der Waals surface area contributed by atoms with Crippen molar-refractivity contribution in [3.63, 3.8) is 0 Å². The third-order valence-corrected chi connectivity index (χ3v) is 3.78. The summed E-state index contributed by atoms with van der Waals surface area (Å²) >= 11 is 3.55. The van der Waals surface area contributed by atoms with Crippen molar-refractivity contribution in [3.05, 3.63) is 22.2 Å². The third kappa shape index (κ3) is 5.65. The molecule has 4 heteroatoms. The average molecular weight is 319 g/mol. The van der Waals surface area contributed by atoms with Crippen LogP contribution in [0.3, 0.4) is 0 Å². The van der Waals surface area contributed by atoms with Crippen LogP contribution in [0, 0.1) is 0 Å². The lowest BCUT2D eigenvalue weighted by atomic mass is 10.0. The van der Waals surface area contributed by atoms with Gasteiger partial charge in [0.2, 0.25) is 0 Å². The SMILES string of the molecule is CCOC(O)CCCOC1C=CC(Br)=C(CC)C1. The van der Waals surface area contributed by atoms with Gasteiger partial charge in [0.1, 0.15) is 0 Å². The fourth-order valence-corrected chi connectivity index (χ4v) is 2.51. The van der Waals surface area contributed by atoms with E-state index in [-0.39, 0.29) is 6.10 Å². The topological polar surface area (TPSA) is 38.7 Å². The highest BCUT2D eigenvalue weighted by Crippen LogP contribution is 2.27. The number of allylic oxidation sites excluding steroid dienone is 2. The Morgan fingerprint density at radius 2 is 2.28 bits per heavy atom. The van der Waals surface area contributed by atoms with Crippen LogP contribution in [0.1, 0.15) is 39.5 Å². The number of aliphatic hydroxyl groups excluding tert-OH is 1. The molecule has 0 saturated heterocycles. The maximum atomic E-state index is 9.40. The van der Waals surface area contributed by atoms with Gasteiger partial charge >= 0.3 is 0 Å². The van der Waals surface area contributed by atoms with Gasteiger partial charge in [-0.25, -0.2) is 0 Å². The molecule has 0 spiro atoms. The summed E-state index contributed by atoms with van der Waals surface area (Å²) in [5.41, 5.74) is 1.40. The van der Waals surface area contributed by atoms with Crippen LogP contribution >= 0.6 is 15.9 Å². The van der Waals surface area contributed by atoms with E-state index in [9.17, 15) is 5.11 Å². The smallest absolute Gasteiger partial charge is 0.154 e. The van der Waals surface area contributed by atoms with Crippen LogP contribution in [0.2, 0.25) is 0 Å². The number of hydrogen-bond donors (Lipinski definition) is 1. The first-order valence-corrected chi connectivity index (χ1v) is 7.43. The Morgan fingerprint density at radius 3 is 2.94 bits per heavy atom. The van der Waals surface area contributed by atoms with Gasteiger partial charge in [-0.3, -0.25) is 0 Å². The largest absolute Gasteiger partial charge is 0.374 e. The van der Waals surface area contributed by atoms with Crippen LogP contribution in [0.25, 0.3) is 0 Å². The minimum absolute atomic E-state index is 0.172. The zero-order chi connectivity index (χ0) is 13.4. The molecule has 3 nitrogen and oxygen atoms in total. The van der Waals surface area contributed by atoms with Gasteiger partial charge in [-0.2, -0.15) is 0 Å². The van der Waals surface area contributed by atoms with Gasteiger partial charge in [-0.1, -0.05) is 34.5 Å². The first-order chi connectivity index (χ1) is 8.67. The molecular formula is C14H23BrO3. The quantitative estimate of drug-likeness (QED) is 0.549. The summed E-state index contributed by atoms with van der Waals surface area (Å²) in [5, 5.41) is 9.40. The Bertz CT molecular complexity index is 299. The number of aliphatic hydroxyl groups is 1. The predicted molar refractivity (Wildman–Crippen MR) is 76.6 cm³/mol. The summed E-state index contributed by atoms with van der Waals surface area (Å²) in [6.45, 7) is 5.24. The monoisotopic (exact) mass is 318 g/mol. The van der Waals surface area contributed by atoms with Gasteiger partial charge in [0.05, 0.1) is 6.10 Å². The molecule has 0 saturated carbocycles. The van der Waals surface area contributed by atoms with Crippen LogP contribution in [-0.4, -0.2) is 30.7 Å². The van der Waals surface area contributed by atoms with Crippen LogP contribution < -0.4 is 0 Å². The molecule has 0 radical (unpaired) electrons. The molecular weight excluding hydrogens is 296 g/mol. The second kappa shape index (κ2) is 8.86. The molecule has 1 N–H and O–H groups in total. The van der Waals surface area contributed by atoms with E-state index in [1.807, 2.05) is 6.92 Å². The molecule has 0 aromatic rings. The summed E-state index contributed by atoms with van der Waals surface area (Å²) in [6.07, 6.45) is 7.13. The molecule has 1 aliphatic rings. The van der Waals surface area contributed by atoms with Crippen molar-refractivity contribution < 1.29 is 14.6 Å². The molecule has 1 rings (SSSR count). The first kappa shape index (κ1) is 15.9. The lowest BCUT2D eigenvalue weighted by Gasteiger charge is -2.20. The summed E-state index contributed by atoms with van der Waals surface area (Å²) in [4.78, 5) is 0. The van der Waals surface area contributed by atoms with Gasteiger partial charge in [-0.15, -0.1) is 0 Å². The average Bonchev–Trinajstić information content (AvgIpc) is 2.37. The summed E-state index contributed by atoms with van der Waals surface area (Å²) < 4.78 is 12.0. The van der Waals surface area contributed by atoms with E-state index in [1.54, 1.807) is 0 Å². The van der Waals surface area contributed by atoms with E-state index in [4.69, 9.17) is 9.47 Å².